The molecule has 2 N–H and O–H groups in total. The summed E-state index contributed by atoms with van der Waals surface area (Å²) in [6.07, 6.45) is 2.22. The van der Waals surface area contributed by atoms with E-state index in [9.17, 15) is 4.79 Å². The Kier molecular flexibility index (Phi) is 4.02. The van der Waals surface area contributed by atoms with Crippen LogP contribution in [0.3, 0.4) is 0 Å². The molecule has 1 fully saturated rings. The number of nitrogens with one attached hydrogen (secondary N) is 2. The second-order valence-corrected chi connectivity index (χ2v) is 5.76. The van der Waals surface area contributed by atoms with Gasteiger partial charge < -0.3 is 15.0 Å². The van der Waals surface area contributed by atoms with Gasteiger partial charge in [-0.25, -0.2) is 0 Å². The Balaban J connectivity index is 0.00000132. The van der Waals surface area contributed by atoms with Crippen molar-refractivity contribution in [2.75, 3.05) is 13.1 Å². The van der Waals surface area contributed by atoms with Crippen LogP contribution in [-0.2, 0) is 17.8 Å². The molecule has 0 amide bonds. The van der Waals surface area contributed by atoms with Crippen LogP contribution in [0.4, 0.5) is 0 Å². The number of benzene rings is 1. The van der Waals surface area contributed by atoms with Crippen LogP contribution < -0.4 is 10.9 Å². The first-order valence-electron chi connectivity index (χ1n) is 7.28. The number of fused-ring (bicyclic) bond motifs is 3. The zero-order valence-electron chi connectivity index (χ0n) is 11.7. The number of hydrogen-bond acceptors (Lipinski definition) is 3. The fourth-order valence-electron chi connectivity index (χ4n) is 3.47. The van der Waals surface area contributed by atoms with Crippen LogP contribution in [0.2, 0.25) is 0 Å². The molecule has 112 valence electrons. The molecule has 4 rings (SSSR count). The summed E-state index contributed by atoms with van der Waals surface area (Å²) in [4.78, 5) is 15.2. The average Bonchev–Trinajstić information content (AvgIpc) is 3.01. The maximum Gasteiger partial charge on any atom is 0.256 e. The largest absolute Gasteiger partial charge is 0.373 e. The fraction of sp³-hybridized carbons (Fsp3) is 0.438. The lowest BCUT2D eigenvalue weighted by atomic mass is 9.92. The minimum atomic E-state index is 0. The van der Waals surface area contributed by atoms with Gasteiger partial charge in [0.05, 0.1) is 12.7 Å². The summed E-state index contributed by atoms with van der Waals surface area (Å²) < 4.78 is 6.07. The molecule has 2 atom stereocenters. The molecule has 0 saturated carbocycles. The molecule has 0 bridgehead atoms. The molecule has 1 aromatic heterocycles. The van der Waals surface area contributed by atoms with Gasteiger partial charge in [0.1, 0.15) is 0 Å². The number of aromatic nitrogens is 1. The van der Waals surface area contributed by atoms with E-state index in [0.29, 0.717) is 12.5 Å². The molecular weight excluding hydrogens is 288 g/mol. The highest BCUT2D eigenvalue weighted by Crippen LogP contribution is 2.29. The molecule has 2 aliphatic rings. The van der Waals surface area contributed by atoms with Gasteiger partial charge in [0.15, 0.2) is 0 Å². The Labute approximate surface area is 129 Å². The van der Waals surface area contributed by atoms with Crippen LogP contribution in [0.25, 0.3) is 10.8 Å². The zero-order valence-corrected chi connectivity index (χ0v) is 12.5. The second kappa shape index (κ2) is 5.79. The monoisotopic (exact) mass is 306 g/mol. The lowest BCUT2D eigenvalue weighted by Gasteiger charge is -2.29. The summed E-state index contributed by atoms with van der Waals surface area (Å²) in [7, 11) is 0. The number of H-pyrrole nitrogens is 1. The maximum atomic E-state index is 12.2. The van der Waals surface area contributed by atoms with Crippen LogP contribution in [0.5, 0.6) is 0 Å². The van der Waals surface area contributed by atoms with Gasteiger partial charge in [-0.05, 0) is 30.3 Å². The third-order valence-electron chi connectivity index (χ3n) is 4.60. The average molecular weight is 307 g/mol. The lowest BCUT2D eigenvalue weighted by molar-refractivity contribution is -0.00516. The molecule has 5 heteroatoms. The number of ether oxygens (including phenoxy) is 1. The number of aromatic amines is 1. The van der Waals surface area contributed by atoms with E-state index in [1.807, 2.05) is 24.3 Å². The van der Waals surface area contributed by atoms with E-state index in [-0.39, 0.29) is 24.1 Å². The summed E-state index contributed by atoms with van der Waals surface area (Å²) in [5, 5.41) is 5.18. The molecular formula is C16H19ClN2O2. The Morgan fingerprint density at radius 2 is 2.00 bits per heavy atom. The normalized spacial score (nSPS) is 24.6. The molecule has 0 aliphatic carbocycles. The SMILES string of the molecule is Cl.O=c1[nH]c2c(c3ccccc13)COC(C1CCNC1)C2. The maximum absolute atomic E-state index is 12.2. The highest BCUT2D eigenvalue weighted by Gasteiger charge is 2.30. The van der Waals surface area contributed by atoms with E-state index in [4.69, 9.17) is 4.74 Å². The standard InChI is InChI=1S/C16H18N2O2.ClH/c19-16-12-4-2-1-3-11(12)13-9-20-15(7-14(13)18-16)10-5-6-17-8-10;/h1-4,10,15,17H,5-9H2,(H,18,19);1H. The zero-order chi connectivity index (χ0) is 13.5. The second-order valence-electron chi connectivity index (χ2n) is 5.76. The predicted octanol–water partition coefficient (Wildman–Crippen LogP) is 2.00. The molecule has 0 spiro atoms. The van der Waals surface area contributed by atoms with Crippen LogP contribution in [-0.4, -0.2) is 24.2 Å². The van der Waals surface area contributed by atoms with Crippen molar-refractivity contribution in [3.63, 3.8) is 0 Å². The van der Waals surface area contributed by atoms with Crippen molar-refractivity contribution in [3.05, 3.63) is 45.9 Å². The Bertz CT molecular complexity index is 707. The highest BCUT2D eigenvalue weighted by atomic mass is 35.5. The minimum Gasteiger partial charge on any atom is -0.373 e. The van der Waals surface area contributed by atoms with Crippen LogP contribution in [0.15, 0.2) is 29.1 Å². The summed E-state index contributed by atoms with van der Waals surface area (Å²) >= 11 is 0. The smallest absolute Gasteiger partial charge is 0.256 e. The Morgan fingerprint density at radius 3 is 2.76 bits per heavy atom. The van der Waals surface area contributed by atoms with E-state index in [1.165, 1.54) is 0 Å². The summed E-state index contributed by atoms with van der Waals surface area (Å²) in [5.74, 6) is 0.568. The molecule has 2 aliphatic heterocycles. The summed E-state index contributed by atoms with van der Waals surface area (Å²) in [6.45, 7) is 2.71. The van der Waals surface area contributed by atoms with Crippen molar-refractivity contribution < 1.29 is 4.74 Å². The third kappa shape index (κ3) is 2.48. The molecule has 2 aromatic rings. The first-order chi connectivity index (χ1) is 9.83. The molecule has 1 aromatic carbocycles. The molecule has 1 saturated heterocycles. The van der Waals surface area contributed by atoms with Gasteiger partial charge in [-0.1, -0.05) is 18.2 Å². The molecule has 4 nitrogen and oxygen atoms in total. The molecule has 2 unspecified atom stereocenters. The van der Waals surface area contributed by atoms with Crippen molar-refractivity contribution >= 4 is 23.2 Å². The fourth-order valence-corrected chi connectivity index (χ4v) is 3.47. The van der Waals surface area contributed by atoms with Gasteiger partial charge in [-0.3, -0.25) is 4.79 Å². The number of rotatable bonds is 1. The quantitative estimate of drug-likeness (QED) is 0.847. The number of pyridine rings is 1. The van der Waals surface area contributed by atoms with E-state index in [0.717, 1.165) is 48.0 Å². The molecule has 0 radical (unpaired) electrons. The lowest BCUT2D eigenvalue weighted by Crippen LogP contribution is -2.33. The highest BCUT2D eigenvalue weighted by molar-refractivity contribution is 5.85. The van der Waals surface area contributed by atoms with Gasteiger partial charge in [0.2, 0.25) is 0 Å². The van der Waals surface area contributed by atoms with E-state index < -0.39 is 0 Å². The van der Waals surface area contributed by atoms with Crippen LogP contribution in [0, 0.1) is 5.92 Å². The first-order valence-corrected chi connectivity index (χ1v) is 7.28. The van der Waals surface area contributed by atoms with Crippen molar-refractivity contribution in [3.8, 4) is 0 Å². The van der Waals surface area contributed by atoms with E-state index >= 15 is 0 Å². The van der Waals surface area contributed by atoms with Crippen molar-refractivity contribution in [2.45, 2.75) is 25.6 Å². The molecule has 21 heavy (non-hydrogen) atoms. The summed E-state index contributed by atoms with van der Waals surface area (Å²) in [6, 6.07) is 7.78. The van der Waals surface area contributed by atoms with Gasteiger partial charge >= 0.3 is 0 Å². The van der Waals surface area contributed by atoms with Crippen molar-refractivity contribution in [2.24, 2.45) is 5.92 Å². The topological polar surface area (TPSA) is 54.1 Å². The third-order valence-corrected chi connectivity index (χ3v) is 4.60. The number of halogens is 1. The minimum absolute atomic E-state index is 0. The van der Waals surface area contributed by atoms with Crippen molar-refractivity contribution in [1.82, 2.24) is 10.3 Å². The van der Waals surface area contributed by atoms with E-state index in [1.54, 1.807) is 0 Å². The van der Waals surface area contributed by atoms with Crippen molar-refractivity contribution in [1.29, 1.82) is 0 Å². The molecule has 3 heterocycles. The van der Waals surface area contributed by atoms with Gasteiger partial charge in [-0.15, -0.1) is 12.4 Å². The van der Waals surface area contributed by atoms with Gasteiger partial charge in [0.25, 0.3) is 5.56 Å². The number of hydrogen-bond donors (Lipinski definition) is 2. The predicted molar refractivity (Wildman–Crippen MR) is 85.1 cm³/mol. The Hall–Kier alpha value is -1.36. The Morgan fingerprint density at radius 1 is 1.19 bits per heavy atom. The van der Waals surface area contributed by atoms with Gasteiger partial charge in [-0.2, -0.15) is 0 Å². The van der Waals surface area contributed by atoms with Crippen LogP contribution >= 0.6 is 12.4 Å². The van der Waals surface area contributed by atoms with E-state index in [2.05, 4.69) is 10.3 Å². The summed E-state index contributed by atoms with van der Waals surface area (Å²) in [5.41, 5.74) is 2.24. The first kappa shape index (κ1) is 14.6. The van der Waals surface area contributed by atoms with Gasteiger partial charge in [0, 0.05) is 29.6 Å². The van der Waals surface area contributed by atoms with Crippen LogP contribution in [0.1, 0.15) is 17.7 Å².